The highest BCUT2D eigenvalue weighted by Gasteiger charge is 2.18. The zero-order valence-electron chi connectivity index (χ0n) is 11.3. The van der Waals surface area contributed by atoms with Crippen LogP contribution in [0.25, 0.3) is 0 Å². The Morgan fingerprint density at radius 2 is 1.86 bits per heavy atom. The summed E-state index contributed by atoms with van der Waals surface area (Å²) >= 11 is 0. The van der Waals surface area contributed by atoms with Crippen LogP contribution in [-0.2, 0) is 10.0 Å². The van der Waals surface area contributed by atoms with Gasteiger partial charge in [-0.1, -0.05) is 0 Å². The predicted molar refractivity (Wildman–Crippen MR) is 79.2 cm³/mol. The van der Waals surface area contributed by atoms with Gasteiger partial charge in [-0.3, -0.25) is 4.72 Å². The Balaban J connectivity index is 2.26. The number of nitrogen functional groups attached to an aromatic ring is 1. The SMILES string of the molecule is CCOc1ccc(NS(=O)(=O)c2cc(F)ccc2N)cc1. The Labute approximate surface area is 122 Å². The molecule has 0 amide bonds. The van der Waals surface area contributed by atoms with Crippen LogP contribution < -0.4 is 15.2 Å². The second kappa shape index (κ2) is 6.01. The zero-order valence-corrected chi connectivity index (χ0v) is 12.2. The lowest BCUT2D eigenvalue weighted by Crippen LogP contribution is -2.15. The summed E-state index contributed by atoms with van der Waals surface area (Å²) in [5.74, 6) is -0.0398. The van der Waals surface area contributed by atoms with E-state index >= 15 is 0 Å². The second-order valence-corrected chi connectivity index (χ2v) is 5.90. The molecule has 5 nitrogen and oxygen atoms in total. The first-order valence-electron chi connectivity index (χ1n) is 6.23. The van der Waals surface area contributed by atoms with Crippen LogP contribution in [0.2, 0.25) is 0 Å². The molecule has 7 heteroatoms. The number of hydrogen-bond acceptors (Lipinski definition) is 4. The number of sulfonamides is 1. The molecule has 0 radical (unpaired) electrons. The molecule has 0 aliphatic carbocycles. The highest BCUT2D eigenvalue weighted by Crippen LogP contribution is 2.23. The van der Waals surface area contributed by atoms with Gasteiger partial charge in [-0.25, -0.2) is 12.8 Å². The average Bonchev–Trinajstić information content (AvgIpc) is 2.43. The highest BCUT2D eigenvalue weighted by atomic mass is 32.2. The van der Waals surface area contributed by atoms with Crippen LogP contribution in [0.1, 0.15) is 6.92 Å². The Morgan fingerprint density at radius 3 is 2.48 bits per heavy atom. The van der Waals surface area contributed by atoms with Gasteiger partial charge in [0, 0.05) is 5.69 Å². The number of benzene rings is 2. The van der Waals surface area contributed by atoms with Crippen molar-refractivity contribution in [1.29, 1.82) is 0 Å². The van der Waals surface area contributed by atoms with Crippen LogP contribution in [0.15, 0.2) is 47.4 Å². The van der Waals surface area contributed by atoms with Gasteiger partial charge in [0.05, 0.1) is 12.3 Å². The summed E-state index contributed by atoms with van der Waals surface area (Å²) in [5, 5.41) is 0. The van der Waals surface area contributed by atoms with Crippen molar-refractivity contribution >= 4 is 21.4 Å². The molecule has 0 spiro atoms. The summed E-state index contributed by atoms with van der Waals surface area (Å²) in [6.45, 7) is 2.37. The fraction of sp³-hybridized carbons (Fsp3) is 0.143. The maximum Gasteiger partial charge on any atom is 0.264 e. The van der Waals surface area contributed by atoms with E-state index in [4.69, 9.17) is 10.5 Å². The fourth-order valence-electron chi connectivity index (χ4n) is 1.74. The molecule has 0 aliphatic rings. The maximum absolute atomic E-state index is 13.2. The monoisotopic (exact) mass is 310 g/mol. The Hall–Kier alpha value is -2.28. The molecule has 0 fully saturated rings. The minimum Gasteiger partial charge on any atom is -0.494 e. The predicted octanol–water partition coefficient (Wildman–Crippen LogP) is 2.61. The van der Waals surface area contributed by atoms with Gasteiger partial charge >= 0.3 is 0 Å². The Kier molecular flexibility index (Phi) is 4.32. The average molecular weight is 310 g/mol. The first-order chi connectivity index (χ1) is 9.92. The number of rotatable bonds is 5. The van der Waals surface area contributed by atoms with Crippen LogP contribution in [0.3, 0.4) is 0 Å². The van der Waals surface area contributed by atoms with Crippen molar-refractivity contribution in [3.63, 3.8) is 0 Å². The minimum atomic E-state index is -3.95. The number of nitrogens with one attached hydrogen (secondary N) is 1. The molecule has 3 N–H and O–H groups in total. The van der Waals surface area contributed by atoms with E-state index in [0.717, 1.165) is 12.1 Å². The molecule has 112 valence electrons. The van der Waals surface area contributed by atoms with Gasteiger partial charge in [-0.15, -0.1) is 0 Å². The molecular formula is C14H15FN2O3S. The van der Waals surface area contributed by atoms with Crippen LogP contribution in [0, 0.1) is 5.82 Å². The van der Waals surface area contributed by atoms with Crippen LogP contribution in [0.5, 0.6) is 5.75 Å². The van der Waals surface area contributed by atoms with Gasteiger partial charge < -0.3 is 10.5 Å². The van der Waals surface area contributed by atoms with E-state index in [-0.39, 0.29) is 10.6 Å². The summed E-state index contributed by atoms with van der Waals surface area (Å²) in [5.41, 5.74) is 5.90. The van der Waals surface area contributed by atoms with Gasteiger partial charge in [-0.05, 0) is 49.4 Å². The van der Waals surface area contributed by atoms with Crippen LogP contribution in [-0.4, -0.2) is 15.0 Å². The molecule has 0 aromatic heterocycles. The first-order valence-corrected chi connectivity index (χ1v) is 7.71. The summed E-state index contributed by atoms with van der Waals surface area (Å²) in [6, 6.07) is 9.57. The molecular weight excluding hydrogens is 295 g/mol. The Morgan fingerprint density at radius 1 is 1.19 bits per heavy atom. The summed E-state index contributed by atoms with van der Waals surface area (Å²) in [7, 11) is -3.95. The van der Waals surface area contributed by atoms with Crippen molar-refractivity contribution < 1.29 is 17.5 Å². The number of ether oxygens (including phenoxy) is 1. The first kappa shape index (κ1) is 15.1. The van der Waals surface area contributed by atoms with Gasteiger partial charge in [0.15, 0.2) is 0 Å². The number of nitrogens with two attached hydrogens (primary N) is 1. The highest BCUT2D eigenvalue weighted by molar-refractivity contribution is 7.92. The van der Waals surface area contributed by atoms with E-state index < -0.39 is 15.8 Å². The summed E-state index contributed by atoms with van der Waals surface area (Å²) < 4.78 is 45.2. The molecule has 2 aromatic carbocycles. The van der Waals surface area contributed by atoms with Crippen molar-refractivity contribution in [2.24, 2.45) is 0 Å². The fourth-order valence-corrected chi connectivity index (χ4v) is 2.94. The van der Waals surface area contributed by atoms with Gasteiger partial charge in [0.2, 0.25) is 0 Å². The number of anilines is 2. The lowest BCUT2D eigenvalue weighted by molar-refractivity contribution is 0.340. The van der Waals surface area contributed by atoms with Crippen molar-refractivity contribution in [3.8, 4) is 5.75 Å². The minimum absolute atomic E-state index is 0.0187. The van der Waals surface area contributed by atoms with Crippen molar-refractivity contribution in [3.05, 3.63) is 48.3 Å². The molecule has 0 saturated heterocycles. The molecule has 0 bridgehead atoms. The van der Waals surface area contributed by atoms with Crippen molar-refractivity contribution in [1.82, 2.24) is 0 Å². The van der Waals surface area contributed by atoms with Crippen molar-refractivity contribution in [2.45, 2.75) is 11.8 Å². The number of halogens is 1. The molecule has 21 heavy (non-hydrogen) atoms. The van der Waals surface area contributed by atoms with E-state index in [1.807, 2.05) is 6.92 Å². The van der Waals surface area contributed by atoms with Crippen LogP contribution >= 0.6 is 0 Å². The maximum atomic E-state index is 13.2. The van der Waals surface area contributed by atoms with E-state index in [1.165, 1.54) is 6.07 Å². The zero-order chi connectivity index (χ0) is 15.5. The van der Waals surface area contributed by atoms with Gasteiger partial charge in [0.1, 0.15) is 16.5 Å². The van der Waals surface area contributed by atoms with Crippen LogP contribution in [0.4, 0.5) is 15.8 Å². The standard InChI is InChI=1S/C14H15FN2O3S/c1-2-20-12-6-4-11(5-7-12)17-21(18,19)14-9-10(15)3-8-13(14)16/h3-9,17H,2,16H2,1H3. The van der Waals surface area contributed by atoms with E-state index in [1.54, 1.807) is 24.3 Å². The molecule has 0 unspecified atom stereocenters. The molecule has 2 rings (SSSR count). The molecule has 0 heterocycles. The van der Waals surface area contributed by atoms with Crippen molar-refractivity contribution in [2.75, 3.05) is 17.1 Å². The smallest absolute Gasteiger partial charge is 0.264 e. The third-order valence-corrected chi connectivity index (χ3v) is 4.12. The number of hydrogen-bond donors (Lipinski definition) is 2. The quantitative estimate of drug-likeness (QED) is 0.832. The van der Waals surface area contributed by atoms with E-state index in [2.05, 4.69) is 4.72 Å². The Bertz CT molecular complexity index is 730. The summed E-state index contributed by atoms with van der Waals surface area (Å²) in [6.07, 6.45) is 0. The van der Waals surface area contributed by atoms with E-state index in [0.29, 0.717) is 18.0 Å². The normalized spacial score (nSPS) is 11.1. The summed E-state index contributed by atoms with van der Waals surface area (Å²) in [4.78, 5) is -0.295. The topological polar surface area (TPSA) is 81.4 Å². The van der Waals surface area contributed by atoms with Gasteiger partial charge in [-0.2, -0.15) is 0 Å². The second-order valence-electron chi connectivity index (χ2n) is 4.25. The molecule has 0 aliphatic heterocycles. The van der Waals surface area contributed by atoms with Gasteiger partial charge in [0.25, 0.3) is 10.0 Å². The largest absolute Gasteiger partial charge is 0.494 e. The molecule has 0 atom stereocenters. The van der Waals surface area contributed by atoms with E-state index in [9.17, 15) is 12.8 Å². The molecule has 2 aromatic rings. The molecule has 0 saturated carbocycles. The lowest BCUT2D eigenvalue weighted by Gasteiger charge is -2.11. The third-order valence-electron chi connectivity index (χ3n) is 2.68. The lowest BCUT2D eigenvalue weighted by atomic mass is 10.3. The third kappa shape index (κ3) is 3.63.